The van der Waals surface area contributed by atoms with Crippen molar-refractivity contribution < 1.29 is 9.84 Å². The van der Waals surface area contributed by atoms with Gasteiger partial charge >= 0.3 is 0 Å². The topological polar surface area (TPSA) is 41.5 Å². The Hall–Kier alpha value is -0.580. The van der Waals surface area contributed by atoms with Crippen LogP contribution >= 0.6 is 15.9 Å². The fourth-order valence-corrected chi connectivity index (χ4v) is 1.81. The van der Waals surface area contributed by atoms with Crippen molar-refractivity contribution in [2.75, 3.05) is 20.2 Å². The van der Waals surface area contributed by atoms with Gasteiger partial charge in [0.15, 0.2) is 0 Å². The zero-order valence-electron chi connectivity index (χ0n) is 8.96. The fraction of sp³-hybridized carbons (Fsp3) is 0.455. The summed E-state index contributed by atoms with van der Waals surface area (Å²) in [6.07, 6.45) is -0.483. The normalized spacial score (nSPS) is 12.5. The van der Waals surface area contributed by atoms with Gasteiger partial charge < -0.3 is 15.2 Å². The molecule has 0 aliphatic carbocycles. The minimum Gasteiger partial charge on any atom is -0.490 e. The Bertz CT molecular complexity index is 317. The number of ether oxygens (including phenoxy) is 1. The Morgan fingerprint density at radius 1 is 1.53 bits per heavy atom. The predicted octanol–water partition coefficient (Wildman–Crippen LogP) is 1.72. The molecule has 3 nitrogen and oxygen atoms in total. The lowest BCUT2D eigenvalue weighted by Crippen LogP contribution is -2.29. The van der Waals surface area contributed by atoms with Crippen LogP contribution in [-0.2, 0) is 0 Å². The number of likely N-dealkylation sites (N-methyl/N-ethyl adjacent to an activating group) is 1. The molecule has 1 aromatic rings. The molecule has 1 aromatic carbocycles. The Labute approximate surface area is 98.6 Å². The standard InChI is InChI=1S/C11H16BrNO2/c1-8-3-4-11(10(12)5-8)15-7-9(14)6-13-2/h3-5,9,13-14H,6-7H2,1-2H3. The number of rotatable bonds is 5. The number of aliphatic hydroxyl groups is 1. The molecule has 0 aliphatic rings. The fourth-order valence-electron chi connectivity index (χ4n) is 1.20. The van der Waals surface area contributed by atoms with E-state index in [1.165, 1.54) is 5.56 Å². The number of aliphatic hydroxyl groups excluding tert-OH is 1. The number of nitrogens with one attached hydrogen (secondary N) is 1. The summed E-state index contributed by atoms with van der Waals surface area (Å²) in [5.74, 6) is 0.760. The second-order valence-electron chi connectivity index (χ2n) is 3.46. The second kappa shape index (κ2) is 6.10. The number of hydrogen-bond acceptors (Lipinski definition) is 3. The zero-order valence-corrected chi connectivity index (χ0v) is 10.5. The van der Waals surface area contributed by atoms with Gasteiger partial charge in [0, 0.05) is 6.54 Å². The highest BCUT2D eigenvalue weighted by Crippen LogP contribution is 2.25. The first-order chi connectivity index (χ1) is 7.13. The minimum absolute atomic E-state index is 0.294. The van der Waals surface area contributed by atoms with Crippen LogP contribution in [0.2, 0.25) is 0 Å². The van der Waals surface area contributed by atoms with Gasteiger partial charge in [0.2, 0.25) is 0 Å². The van der Waals surface area contributed by atoms with Gasteiger partial charge in [-0.2, -0.15) is 0 Å². The molecule has 84 valence electrons. The minimum atomic E-state index is -0.483. The highest BCUT2D eigenvalue weighted by Gasteiger charge is 2.05. The van der Waals surface area contributed by atoms with Gasteiger partial charge in [0.25, 0.3) is 0 Å². The lowest BCUT2D eigenvalue weighted by Gasteiger charge is -2.13. The van der Waals surface area contributed by atoms with Crippen molar-refractivity contribution in [2.24, 2.45) is 0 Å². The maximum atomic E-state index is 9.45. The van der Waals surface area contributed by atoms with E-state index in [1.807, 2.05) is 25.1 Å². The zero-order chi connectivity index (χ0) is 11.3. The molecule has 0 saturated carbocycles. The molecule has 0 aromatic heterocycles. The van der Waals surface area contributed by atoms with Gasteiger partial charge in [0.1, 0.15) is 18.5 Å². The van der Waals surface area contributed by atoms with E-state index in [1.54, 1.807) is 7.05 Å². The van der Waals surface area contributed by atoms with Crippen LogP contribution in [0.1, 0.15) is 5.56 Å². The molecule has 1 atom stereocenters. The molecule has 1 rings (SSSR count). The molecule has 0 spiro atoms. The second-order valence-corrected chi connectivity index (χ2v) is 4.31. The molecule has 0 radical (unpaired) electrons. The van der Waals surface area contributed by atoms with Gasteiger partial charge in [0.05, 0.1) is 4.47 Å². The summed E-state index contributed by atoms with van der Waals surface area (Å²) in [7, 11) is 1.80. The number of benzene rings is 1. The molecule has 1 unspecified atom stereocenters. The van der Waals surface area contributed by atoms with Crippen molar-refractivity contribution in [3.05, 3.63) is 28.2 Å². The Balaban J connectivity index is 2.50. The van der Waals surface area contributed by atoms with E-state index in [-0.39, 0.29) is 0 Å². The van der Waals surface area contributed by atoms with Crippen molar-refractivity contribution in [1.29, 1.82) is 0 Å². The van der Waals surface area contributed by atoms with Crippen LogP contribution < -0.4 is 10.1 Å². The summed E-state index contributed by atoms with van der Waals surface area (Å²) in [6.45, 7) is 2.84. The number of hydrogen-bond donors (Lipinski definition) is 2. The third kappa shape index (κ3) is 4.20. The van der Waals surface area contributed by atoms with Crippen molar-refractivity contribution in [2.45, 2.75) is 13.0 Å². The van der Waals surface area contributed by atoms with Crippen molar-refractivity contribution in [3.8, 4) is 5.75 Å². The maximum Gasteiger partial charge on any atom is 0.133 e. The monoisotopic (exact) mass is 273 g/mol. The summed E-state index contributed by atoms with van der Waals surface area (Å²) in [4.78, 5) is 0. The van der Waals surface area contributed by atoms with Crippen LogP contribution in [-0.4, -0.2) is 31.4 Å². The van der Waals surface area contributed by atoms with E-state index in [4.69, 9.17) is 4.74 Å². The Morgan fingerprint density at radius 3 is 2.87 bits per heavy atom. The molecular weight excluding hydrogens is 258 g/mol. The molecule has 0 fully saturated rings. The molecule has 15 heavy (non-hydrogen) atoms. The lowest BCUT2D eigenvalue weighted by atomic mass is 10.2. The quantitative estimate of drug-likeness (QED) is 0.859. The highest BCUT2D eigenvalue weighted by atomic mass is 79.9. The molecule has 2 N–H and O–H groups in total. The third-order valence-electron chi connectivity index (χ3n) is 1.96. The first kappa shape index (κ1) is 12.5. The van der Waals surface area contributed by atoms with Gasteiger partial charge in [-0.25, -0.2) is 0 Å². The third-order valence-corrected chi connectivity index (χ3v) is 2.58. The molecule has 0 heterocycles. The first-order valence-electron chi connectivity index (χ1n) is 4.85. The lowest BCUT2D eigenvalue weighted by molar-refractivity contribution is 0.108. The van der Waals surface area contributed by atoms with Crippen LogP contribution in [0.3, 0.4) is 0 Å². The van der Waals surface area contributed by atoms with Crippen molar-refractivity contribution in [3.63, 3.8) is 0 Å². The molecular formula is C11H16BrNO2. The van der Waals surface area contributed by atoms with E-state index in [0.717, 1.165) is 10.2 Å². The van der Waals surface area contributed by atoms with E-state index in [0.29, 0.717) is 13.2 Å². The summed E-state index contributed by atoms with van der Waals surface area (Å²) in [6, 6.07) is 5.86. The van der Waals surface area contributed by atoms with Gasteiger partial charge in [-0.3, -0.25) is 0 Å². The summed E-state index contributed by atoms with van der Waals surface area (Å²) in [5, 5.41) is 12.3. The van der Waals surface area contributed by atoms with Crippen LogP contribution in [0.5, 0.6) is 5.75 Å². The van der Waals surface area contributed by atoms with Crippen LogP contribution in [0.4, 0.5) is 0 Å². The van der Waals surface area contributed by atoms with E-state index in [2.05, 4.69) is 21.2 Å². The summed E-state index contributed by atoms with van der Waals surface area (Å²) in [5.41, 5.74) is 1.17. The van der Waals surface area contributed by atoms with Crippen molar-refractivity contribution in [1.82, 2.24) is 5.32 Å². The molecule has 0 bridgehead atoms. The van der Waals surface area contributed by atoms with Gasteiger partial charge in [-0.15, -0.1) is 0 Å². The van der Waals surface area contributed by atoms with Gasteiger partial charge in [-0.05, 0) is 47.6 Å². The number of aryl methyl sites for hydroxylation is 1. The Kier molecular flexibility index (Phi) is 5.08. The number of halogens is 1. The average Bonchev–Trinajstić information content (AvgIpc) is 2.17. The molecule has 4 heteroatoms. The summed E-state index contributed by atoms with van der Waals surface area (Å²) >= 11 is 3.41. The average molecular weight is 274 g/mol. The highest BCUT2D eigenvalue weighted by molar-refractivity contribution is 9.10. The van der Waals surface area contributed by atoms with Crippen LogP contribution in [0.25, 0.3) is 0 Å². The van der Waals surface area contributed by atoms with E-state index < -0.39 is 6.10 Å². The first-order valence-corrected chi connectivity index (χ1v) is 5.64. The van der Waals surface area contributed by atoms with Crippen LogP contribution in [0.15, 0.2) is 22.7 Å². The Morgan fingerprint density at radius 2 is 2.27 bits per heavy atom. The van der Waals surface area contributed by atoms with Crippen molar-refractivity contribution >= 4 is 15.9 Å². The van der Waals surface area contributed by atoms with Gasteiger partial charge in [-0.1, -0.05) is 6.07 Å². The molecule has 0 saturated heterocycles. The van der Waals surface area contributed by atoms with E-state index in [9.17, 15) is 5.11 Å². The molecule has 0 aliphatic heterocycles. The summed E-state index contributed by atoms with van der Waals surface area (Å²) < 4.78 is 6.39. The van der Waals surface area contributed by atoms with Crippen LogP contribution in [0, 0.1) is 6.92 Å². The predicted molar refractivity (Wildman–Crippen MR) is 64.3 cm³/mol. The smallest absolute Gasteiger partial charge is 0.133 e. The van der Waals surface area contributed by atoms with E-state index >= 15 is 0 Å². The maximum absolute atomic E-state index is 9.45. The SMILES string of the molecule is CNCC(O)COc1ccc(C)cc1Br. The largest absolute Gasteiger partial charge is 0.490 e. The molecule has 0 amide bonds.